The van der Waals surface area contributed by atoms with E-state index in [1.165, 1.54) is 16.3 Å². The van der Waals surface area contributed by atoms with Crippen molar-refractivity contribution in [3.8, 4) is 0 Å². The van der Waals surface area contributed by atoms with Gasteiger partial charge >= 0.3 is 0 Å². The van der Waals surface area contributed by atoms with E-state index in [9.17, 15) is 0 Å². The molecule has 0 spiro atoms. The summed E-state index contributed by atoms with van der Waals surface area (Å²) < 4.78 is 0. The normalized spacial score (nSPS) is 10.1. The third kappa shape index (κ3) is 2.10. The van der Waals surface area contributed by atoms with Crippen molar-refractivity contribution in [3.63, 3.8) is 0 Å². The van der Waals surface area contributed by atoms with Gasteiger partial charge in [-0.2, -0.15) is 0 Å². The Balaban J connectivity index is 2.27. The van der Waals surface area contributed by atoms with Crippen molar-refractivity contribution in [2.24, 2.45) is 0 Å². The Morgan fingerprint density at radius 3 is 2.21 bits per heavy atom. The quantitative estimate of drug-likeness (QED) is 0.551. The van der Waals surface area contributed by atoms with E-state index in [0.717, 1.165) is 11.1 Å². The van der Waals surface area contributed by atoms with E-state index in [1.54, 1.807) is 0 Å². The predicted octanol–water partition coefficient (Wildman–Crippen LogP) is 5.06. The molecule has 0 aliphatic rings. The number of hydrogen-bond acceptors (Lipinski definition) is 0. The Bertz CT molecular complexity index is 755. The molecule has 0 radical (unpaired) electrons. The SMILES string of the molecule is C=C=C(c1ccccc1)c1cccc2ccccc12. The van der Waals surface area contributed by atoms with Gasteiger partial charge in [0.05, 0.1) is 0 Å². The fourth-order valence-electron chi connectivity index (χ4n) is 2.40. The Morgan fingerprint density at radius 2 is 1.42 bits per heavy atom. The topological polar surface area (TPSA) is 0 Å². The van der Waals surface area contributed by atoms with Crippen molar-refractivity contribution >= 4 is 16.3 Å². The molecule has 0 atom stereocenters. The highest BCUT2D eigenvalue weighted by Gasteiger charge is 2.07. The van der Waals surface area contributed by atoms with Crippen LogP contribution in [0.25, 0.3) is 16.3 Å². The summed E-state index contributed by atoms with van der Waals surface area (Å²) in [6, 6.07) is 25.0. The first kappa shape index (κ1) is 11.5. The highest BCUT2D eigenvalue weighted by molar-refractivity contribution is 5.97. The molecule has 19 heavy (non-hydrogen) atoms. The molecule has 3 aromatic rings. The molecule has 0 amide bonds. The van der Waals surface area contributed by atoms with Crippen molar-refractivity contribution in [1.82, 2.24) is 0 Å². The molecule has 0 saturated heterocycles. The number of hydrogen-bond donors (Lipinski definition) is 0. The van der Waals surface area contributed by atoms with Crippen LogP contribution < -0.4 is 0 Å². The molecular weight excluding hydrogens is 228 g/mol. The summed E-state index contributed by atoms with van der Waals surface area (Å²) in [4.78, 5) is 0. The molecule has 0 aliphatic carbocycles. The zero-order valence-corrected chi connectivity index (χ0v) is 10.6. The minimum Gasteiger partial charge on any atom is -0.119 e. The van der Waals surface area contributed by atoms with Gasteiger partial charge in [0.15, 0.2) is 0 Å². The number of benzene rings is 3. The van der Waals surface area contributed by atoms with Gasteiger partial charge in [-0.05, 0) is 21.9 Å². The van der Waals surface area contributed by atoms with E-state index in [1.807, 2.05) is 18.2 Å². The van der Waals surface area contributed by atoms with Crippen LogP contribution >= 0.6 is 0 Å². The molecule has 0 aromatic heterocycles. The summed E-state index contributed by atoms with van der Waals surface area (Å²) in [5, 5.41) is 2.48. The standard InChI is InChI=1S/C19H14/c1-2-17(15-9-4-3-5-10-15)19-14-8-12-16-11-6-7-13-18(16)19/h3-14H,1H2. The van der Waals surface area contributed by atoms with Crippen molar-refractivity contribution < 1.29 is 0 Å². The highest BCUT2D eigenvalue weighted by Crippen LogP contribution is 2.28. The van der Waals surface area contributed by atoms with Gasteiger partial charge in [-0.25, -0.2) is 0 Å². The van der Waals surface area contributed by atoms with Gasteiger partial charge in [-0.15, -0.1) is 5.73 Å². The van der Waals surface area contributed by atoms with E-state index in [4.69, 9.17) is 0 Å². The largest absolute Gasteiger partial charge is 0.119 e. The molecule has 0 fully saturated rings. The van der Waals surface area contributed by atoms with Crippen LogP contribution in [0.4, 0.5) is 0 Å². The van der Waals surface area contributed by atoms with Gasteiger partial charge < -0.3 is 0 Å². The lowest BCUT2D eigenvalue weighted by Gasteiger charge is -2.09. The molecule has 90 valence electrons. The summed E-state index contributed by atoms with van der Waals surface area (Å²) in [6.07, 6.45) is 0. The van der Waals surface area contributed by atoms with E-state index in [-0.39, 0.29) is 0 Å². The maximum Gasteiger partial charge on any atom is 0.0309 e. The molecule has 0 saturated carbocycles. The monoisotopic (exact) mass is 242 g/mol. The van der Waals surface area contributed by atoms with Gasteiger partial charge in [0.1, 0.15) is 0 Å². The maximum atomic E-state index is 3.86. The van der Waals surface area contributed by atoms with Crippen LogP contribution in [-0.4, -0.2) is 0 Å². The fourth-order valence-corrected chi connectivity index (χ4v) is 2.40. The first-order valence-corrected chi connectivity index (χ1v) is 6.34. The Kier molecular flexibility index (Phi) is 3.02. The van der Waals surface area contributed by atoms with Crippen molar-refractivity contribution in [2.45, 2.75) is 0 Å². The van der Waals surface area contributed by atoms with Gasteiger partial charge in [-0.1, -0.05) is 79.4 Å². The van der Waals surface area contributed by atoms with Crippen LogP contribution in [0.15, 0.2) is 85.1 Å². The fraction of sp³-hybridized carbons (Fsp3) is 0. The molecule has 0 N–H and O–H groups in total. The zero-order valence-electron chi connectivity index (χ0n) is 10.6. The lowest BCUT2D eigenvalue weighted by molar-refractivity contribution is 1.58. The zero-order chi connectivity index (χ0) is 13.1. The first-order chi connectivity index (χ1) is 9.40. The molecule has 0 aliphatic heterocycles. The second-order valence-electron chi connectivity index (χ2n) is 4.44. The lowest BCUT2D eigenvalue weighted by Crippen LogP contribution is -1.88. The Morgan fingerprint density at radius 1 is 0.737 bits per heavy atom. The highest BCUT2D eigenvalue weighted by atomic mass is 14.1. The van der Waals surface area contributed by atoms with Crippen molar-refractivity contribution in [1.29, 1.82) is 0 Å². The van der Waals surface area contributed by atoms with Gasteiger partial charge in [0, 0.05) is 5.57 Å². The van der Waals surface area contributed by atoms with E-state index in [2.05, 4.69) is 66.9 Å². The Hall–Kier alpha value is -2.56. The second-order valence-corrected chi connectivity index (χ2v) is 4.44. The smallest absolute Gasteiger partial charge is 0.0309 e. The average Bonchev–Trinajstić information content (AvgIpc) is 2.49. The molecule has 0 unspecified atom stereocenters. The van der Waals surface area contributed by atoms with E-state index >= 15 is 0 Å². The molecule has 0 heterocycles. The summed E-state index contributed by atoms with van der Waals surface area (Å²) in [5.41, 5.74) is 6.47. The molecule has 3 aromatic carbocycles. The molecular formula is C19H14. The van der Waals surface area contributed by atoms with Gasteiger partial charge in [-0.3, -0.25) is 0 Å². The minimum atomic E-state index is 1.05. The van der Waals surface area contributed by atoms with E-state index in [0.29, 0.717) is 0 Å². The molecule has 0 heteroatoms. The maximum absolute atomic E-state index is 3.86. The second kappa shape index (κ2) is 4.97. The third-order valence-corrected chi connectivity index (χ3v) is 3.30. The number of rotatable bonds is 2. The Labute approximate surface area is 113 Å². The summed E-state index contributed by atoms with van der Waals surface area (Å²) >= 11 is 0. The molecule has 3 rings (SSSR count). The molecule has 0 nitrogen and oxygen atoms in total. The van der Waals surface area contributed by atoms with Crippen LogP contribution in [0.1, 0.15) is 11.1 Å². The van der Waals surface area contributed by atoms with Gasteiger partial charge in [0.2, 0.25) is 0 Å². The van der Waals surface area contributed by atoms with Gasteiger partial charge in [0.25, 0.3) is 0 Å². The average molecular weight is 242 g/mol. The van der Waals surface area contributed by atoms with Crippen LogP contribution in [0.5, 0.6) is 0 Å². The van der Waals surface area contributed by atoms with Crippen LogP contribution in [0, 0.1) is 0 Å². The minimum absolute atomic E-state index is 1.05. The van der Waals surface area contributed by atoms with Crippen LogP contribution in [0.2, 0.25) is 0 Å². The van der Waals surface area contributed by atoms with Crippen LogP contribution in [-0.2, 0) is 0 Å². The van der Waals surface area contributed by atoms with Crippen molar-refractivity contribution in [3.05, 3.63) is 96.2 Å². The van der Waals surface area contributed by atoms with Crippen LogP contribution in [0.3, 0.4) is 0 Å². The summed E-state index contributed by atoms with van der Waals surface area (Å²) in [7, 11) is 0. The van der Waals surface area contributed by atoms with E-state index < -0.39 is 0 Å². The molecule has 0 bridgehead atoms. The number of fused-ring (bicyclic) bond motifs is 1. The third-order valence-electron chi connectivity index (χ3n) is 3.30. The summed E-state index contributed by atoms with van der Waals surface area (Å²) in [5.74, 6) is 0. The van der Waals surface area contributed by atoms with Crippen molar-refractivity contribution in [2.75, 3.05) is 0 Å². The first-order valence-electron chi connectivity index (χ1n) is 6.34. The predicted molar refractivity (Wildman–Crippen MR) is 82.0 cm³/mol. The summed E-state index contributed by atoms with van der Waals surface area (Å²) in [6.45, 7) is 3.86. The lowest BCUT2D eigenvalue weighted by atomic mass is 9.94.